The van der Waals surface area contributed by atoms with Crippen molar-refractivity contribution in [2.24, 2.45) is 5.92 Å². The van der Waals surface area contributed by atoms with E-state index in [9.17, 15) is 0 Å². The van der Waals surface area contributed by atoms with E-state index >= 15 is 0 Å². The lowest BCUT2D eigenvalue weighted by Crippen LogP contribution is -2.34. The van der Waals surface area contributed by atoms with Gasteiger partial charge in [-0.05, 0) is 38.8 Å². The number of hydrogen-bond acceptors (Lipinski definition) is 1. The van der Waals surface area contributed by atoms with Crippen LogP contribution >= 0.6 is 0 Å². The Bertz CT molecular complexity index is 110. The van der Waals surface area contributed by atoms with Crippen LogP contribution in [-0.4, -0.2) is 24.0 Å². The Morgan fingerprint density at radius 1 is 1.08 bits per heavy atom. The zero-order chi connectivity index (χ0) is 10.3. The van der Waals surface area contributed by atoms with Gasteiger partial charge in [0.2, 0.25) is 0 Å². The summed E-state index contributed by atoms with van der Waals surface area (Å²) in [5.74, 6) is 0.825. The van der Waals surface area contributed by atoms with E-state index in [1.165, 1.54) is 32.4 Å². The Labute approximate surface area is 84.5 Å². The first-order valence-electron chi connectivity index (χ1n) is 5.85. The fourth-order valence-corrected chi connectivity index (χ4v) is 1.88. The van der Waals surface area contributed by atoms with Crippen molar-refractivity contribution in [3.8, 4) is 0 Å². The second kappa shape index (κ2) is 7.37. The molecule has 0 heterocycles. The molecule has 0 fully saturated rings. The molecule has 0 aliphatic rings. The maximum atomic E-state index is 2.60. The second-order valence-electron chi connectivity index (χ2n) is 4.46. The molecule has 1 unspecified atom stereocenters. The van der Waals surface area contributed by atoms with Crippen molar-refractivity contribution in [1.82, 2.24) is 4.90 Å². The largest absolute Gasteiger partial charge is 0.301 e. The summed E-state index contributed by atoms with van der Waals surface area (Å²) in [5, 5.41) is 0. The predicted octanol–water partition coefficient (Wildman–Crippen LogP) is 3.54. The van der Waals surface area contributed by atoms with Crippen molar-refractivity contribution in [2.45, 2.75) is 59.9 Å². The SMILES string of the molecule is CCCCN(CC)C(C)CC(C)C. The third-order valence-electron chi connectivity index (χ3n) is 2.64. The zero-order valence-electron chi connectivity index (χ0n) is 10.1. The first kappa shape index (κ1) is 13.0. The van der Waals surface area contributed by atoms with Crippen LogP contribution < -0.4 is 0 Å². The van der Waals surface area contributed by atoms with E-state index in [-0.39, 0.29) is 0 Å². The summed E-state index contributed by atoms with van der Waals surface area (Å²) in [7, 11) is 0. The van der Waals surface area contributed by atoms with Crippen molar-refractivity contribution in [1.29, 1.82) is 0 Å². The highest BCUT2D eigenvalue weighted by atomic mass is 15.1. The van der Waals surface area contributed by atoms with E-state index in [1.54, 1.807) is 0 Å². The van der Waals surface area contributed by atoms with E-state index in [0.29, 0.717) is 0 Å². The summed E-state index contributed by atoms with van der Waals surface area (Å²) in [5.41, 5.74) is 0. The molecule has 0 rings (SSSR count). The first-order chi connectivity index (χ1) is 6.11. The lowest BCUT2D eigenvalue weighted by Gasteiger charge is -2.28. The van der Waals surface area contributed by atoms with Gasteiger partial charge in [0.25, 0.3) is 0 Å². The van der Waals surface area contributed by atoms with Crippen LogP contribution in [0.3, 0.4) is 0 Å². The molecule has 0 bridgehead atoms. The number of rotatable bonds is 7. The third-order valence-corrected chi connectivity index (χ3v) is 2.64. The van der Waals surface area contributed by atoms with Crippen LogP contribution in [0.2, 0.25) is 0 Å². The Hall–Kier alpha value is -0.0400. The maximum Gasteiger partial charge on any atom is 0.00692 e. The molecule has 80 valence electrons. The minimum Gasteiger partial charge on any atom is -0.301 e. The van der Waals surface area contributed by atoms with Gasteiger partial charge < -0.3 is 4.90 Å². The standard InChI is InChI=1S/C12H27N/c1-6-8-9-13(7-2)12(5)10-11(3)4/h11-12H,6-10H2,1-5H3. The summed E-state index contributed by atoms with van der Waals surface area (Å²) in [6, 6.07) is 0.761. The molecule has 0 aromatic carbocycles. The molecule has 1 heteroatoms. The average molecular weight is 185 g/mol. The molecule has 0 saturated carbocycles. The van der Waals surface area contributed by atoms with Gasteiger partial charge in [0.15, 0.2) is 0 Å². The van der Waals surface area contributed by atoms with Crippen LogP contribution in [0.4, 0.5) is 0 Å². The van der Waals surface area contributed by atoms with E-state index in [4.69, 9.17) is 0 Å². The minimum atomic E-state index is 0.761. The van der Waals surface area contributed by atoms with E-state index in [2.05, 4.69) is 39.5 Å². The van der Waals surface area contributed by atoms with Crippen molar-refractivity contribution >= 4 is 0 Å². The number of unbranched alkanes of at least 4 members (excludes halogenated alkanes) is 1. The molecule has 0 radical (unpaired) electrons. The highest BCUT2D eigenvalue weighted by Crippen LogP contribution is 2.11. The number of hydrogen-bond donors (Lipinski definition) is 0. The van der Waals surface area contributed by atoms with Crippen LogP contribution in [0.15, 0.2) is 0 Å². The highest BCUT2D eigenvalue weighted by molar-refractivity contribution is 4.67. The van der Waals surface area contributed by atoms with Crippen molar-refractivity contribution < 1.29 is 0 Å². The van der Waals surface area contributed by atoms with Gasteiger partial charge >= 0.3 is 0 Å². The molecule has 0 aromatic heterocycles. The van der Waals surface area contributed by atoms with Gasteiger partial charge in [0.1, 0.15) is 0 Å². The van der Waals surface area contributed by atoms with Gasteiger partial charge in [-0.1, -0.05) is 34.1 Å². The molecule has 0 saturated heterocycles. The Balaban J connectivity index is 3.77. The minimum absolute atomic E-state index is 0.761. The predicted molar refractivity (Wildman–Crippen MR) is 61.1 cm³/mol. The molecule has 13 heavy (non-hydrogen) atoms. The third kappa shape index (κ3) is 6.09. The van der Waals surface area contributed by atoms with E-state index in [1.807, 2.05) is 0 Å². The fraction of sp³-hybridized carbons (Fsp3) is 1.00. The monoisotopic (exact) mass is 185 g/mol. The molecule has 0 aliphatic carbocycles. The molecular weight excluding hydrogens is 158 g/mol. The van der Waals surface area contributed by atoms with Crippen LogP contribution in [0, 0.1) is 5.92 Å². The van der Waals surface area contributed by atoms with Gasteiger partial charge in [-0.3, -0.25) is 0 Å². The molecule has 0 amide bonds. The molecule has 1 atom stereocenters. The summed E-state index contributed by atoms with van der Waals surface area (Å²) >= 11 is 0. The van der Waals surface area contributed by atoms with E-state index < -0.39 is 0 Å². The van der Waals surface area contributed by atoms with Gasteiger partial charge in [-0.25, -0.2) is 0 Å². The Kier molecular flexibility index (Phi) is 7.35. The van der Waals surface area contributed by atoms with Gasteiger partial charge in [0, 0.05) is 6.04 Å². The van der Waals surface area contributed by atoms with Gasteiger partial charge in [-0.2, -0.15) is 0 Å². The molecule has 0 aromatic rings. The lowest BCUT2D eigenvalue weighted by molar-refractivity contribution is 0.193. The lowest BCUT2D eigenvalue weighted by atomic mass is 10.0. The zero-order valence-corrected chi connectivity index (χ0v) is 10.1. The van der Waals surface area contributed by atoms with Crippen molar-refractivity contribution in [3.63, 3.8) is 0 Å². The molecular formula is C12H27N. The summed E-state index contributed by atoms with van der Waals surface area (Å²) in [6.07, 6.45) is 3.98. The van der Waals surface area contributed by atoms with Crippen LogP contribution in [0.5, 0.6) is 0 Å². The number of nitrogens with zero attached hydrogens (tertiary/aromatic N) is 1. The normalized spacial score (nSPS) is 14.1. The van der Waals surface area contributed by atoms with Gasteiger partial charge in [0.05, 0.1) is 0 Å². The Morgan fingerprint density at radius 3 is 2.08 bits per heavy atom. The summed E-state index contributed by atoms with van der Waals surface area (Å²) in [6.45, 7) is 14.0. The summed E-state index contributed by atoms with van der Waals surface area (Å²) in [4.78, 5) is 2.60. The Morgan fingerprint density at radius 2 is 1.69 bits per heavy atom. The van der Waals surface area contributed by atoms with Crippen molar-refractivity contribution in [3.05, 3.63) is 0 Å². The first-order valence-corrected chi connectivity index (χ1v) is 5.85. The van der Waals surface area contributed by atoms with E-state index in [0.717, 1.165) is 12.0 Å². The molecule has 0 spiro atoms. The highest BCUT2D eigenvalue weighted by Gasteiger charge is 2.12. The van der Waals surface area contributed by atoms with Crippen LogP contribution in [0.25, 0.3) is 0 Å². The average Bonchev–Trinajstić information content (AvgIpc) is 2.04. The summed E-state index contributed by atoms with van der Waals surface area (Å²) < 4.78 is 0. The smallest absolute Gasteiger partial charge is 0.00692 e. The van der Waals surface area contributed by atoms with Crippen molar-refractivity contribution in [2.75, 3.05) is 13.1 Å². The fourth-order valence-electron chi connectivity index (χ4n) is 1.88. The molecule has 0 aliphatic heterocycles. The topological polar surface area (TPSA) is 3.24 Å². The molecule has 0 N–H and O–H groups in total. The maximum absolute atomic E-state index is 2.60. The van der Waals surface area contributed by atoms with Crippen LogP contribution in [-0.2, 0) is 0 Å². The quantitative estimate of drug-likeness (QED) is 0.586. The van der Waals surface area contributed by atoms with Crippen LogP contribution in [0.1, 0.15) is 53.9 Å². The molecule has 1 nitrogen and oxygen atoms in total. The van der Waals surface area contributed by atoms with Gasteiger partial charge in [-0.15, -0.1) is 0 Å². The second-order valence-corrected chi connectivity index (χ2v) is 4.46.